The van der Waals surface area contributed by atoms with E-state index in [4.69, 9.17) is 4.74 Å². The summed E-state index contributed by atoms with van der Waals surface area (Å²) in [5, 5.41) is 10.4. The number of aliphatic hydroxyl groups is 1. The zero-order chi connectivity index (χ0) is 14.1. The zero-order valence-electron chi connectivity index (χ0n) is 11.7. The highest BCUT2D eigenvalue weighted by Gasteiger charge is 2.56. The fraction of sp³-hybridized carbons (Fsp3) is 0.692. The van der Waals surface area contributed by atoms with E-state index in [9.17, 15) is 9.90 Å². The van der Waals surface area contributed by atoms with Gasteiger partial charge in [-0.05, 0) is 33.6 Å². The lowest BCUT2D eigenvalue weighted by Crippen LogP contribution is -2.53. The lowest BCUT2D eigenvalue weighted by molar-refractivity contribution is -0.127. The van der Waals surface area contributed by atoms with Crippen LogP contribution in [-0.2, 0) is 11.3 Å². The summed E-state index contributed by atoms with van der Waals surface area (Å²) in [7, 11) is 0. The summed E-state index contributed by atoms with van der Waals surface area (Å²) in [6.45, 7) is 6.40. The maximum absolute atomic E-state index is 11.8. The monoisotopic (exact) mass is 267 g/mol. The minimum Gasteiger partial charge on any atom is -0.438 e. The van der Waals surface area contributed by atoms with Gasteiger partial charge in [0.15, 0.2) is 11.3 Å². The van der Waals surface area contributed by atoms with Gasteiger partial charge in [0, 0.05) is 25.5 Å². The van der Waals surface area contributed by atoms with Gasteiger partial charge in [0.1, 0.15) is 0 Å². The fourth-order valence-electron chi connectivity index (χ4n) is 2.17. The van der Waals surface area contributed by atoms with Crippen LogP contribution in [0.1, 0.15) is 33.6 Å². The normalized spacial score (nSPS) is 25.7. The van der Waals surface area contributed by atoms with Gasteiger partial charge in [0.05, 0.1) is 6.33 Å². The van der Waals surface area contributed by atoms with Crippen LogP contribution in [0.4, 0.5) is 4.79 Å². The van der Waals surface area contributed by atoms with Crippen molar-refractivity contribution in [3.63, 3.8) is 0 Å². The van der Waals surface area contributed by atoms with Gasteiger partial charge >= 0.3 is 6.09 Å². The third kappa shape index (κ3) is 2.58. The van der Waals surface area contributed by atoms with Gasteiger partial charge in [-0.3, -0.25) is 4.90 Å². The van der Waals surface area contributed by atoms with E-state index in [0.29, 0.717) is 6.54 Å². The molecule has 1 aromatic rings. The van der Waals surface area contributed by atoms with Crippen molar-refractivity contribution in [2.24, 2.45) is 0 Å². The summed E-state index contributed by atoms with van der Waals surface area (Å²) in [6, 6.07) is 0. The molecule has 0 radical (unpaired) electrons. The summed E-state index contributed by atoms with van der Waals surface area (Å²) in [6.07, 6.45) is 6.69. The first-order chi connectivity index (χ1) is 8.84. The molecule has 1 saturated heterocycles. The first-order valence-electron chi connectivity index (χ1n) is 6.53. The van der Waals surface area contributed by atoms with Crippen LogP contribution in [0.15, 0.2) is 18.7 Å². The van der Waals surface area contributed by atoms with Gasteiger partial charge in [-0.1, -0.05) is 0 Å². The lowest BCUT2D eigenvalue weighted by atomic mass is 9.96. The molecule has 1 aromatic heterocycles. The smallest absolute Gasteiger partial charge is 0.412 e. The number of hydrogen-bond donors (Lipinski definition) is 1. The summed E-state index contributed by atoms with van der Waals surface area (Å²) in [5.41, 5.74) is -2.15. The number of ether oxygens (including phenoxy) is 1. The quantitative estimate of drug-likeness (QED) is 0.823. The predicted molar refractivity (Wildman–Crippen MR) is 69.4 cm³/mol. The molecule has 0 aromatic carbocycles. The van der Waals surface area contributed by atoms with E-state index in [1.807, 2.05) is 10.8 Å². The third-order valence-electron chi connectivity index (χ3n) is 3.84. The second-order valence-corrected chi connectivity index (χ2v) is 5.56. The molecule has 1 amide bonds. The Labute approximate surface area is 113 Å². The maximum Gasteiger partial charge on any atom is 0.412 e. The molecule has 6 heteroatoms. The van der Waals surface area contributed by atoms with Crippen LogP contribution in [0.5, 0.6) is 0 Å². The minimum atomic E-state index is -1.26. The van der Waals surface area contributed by atoms with Crippen LogP contribution in [0.3, 0.4) is 0 Å². The van der Waals surface area contributed by atoms with Crippen LogP contribution in [-0.4, -0.2) is 43.5 Å². The average Bonchev–Trinajstić information content (AvgIpc) is 2.84. The van der Waals surface area contributed by atoms with Crippen LogP contribution in [0, 0.1) is 0 Å². The molecule has 2 heterocycles. The number of cyclic esters (lactones) is 1. The third-order valence-corrected chi connectivity index (χ3v) is 3.84. The Balaban J connectivity index is 1.84. The first kappa shape index (κ1) is 13.9. The van der Waals surface area contributed by atoms with Gasteiger partial charge in [-0.15, -0.1) is 0 Å². The number of carbonyl (C=O) groups excluding carboxylic acids is 1. The lowest BCUT2D eigenvalue weighted by Gasteiger charge is -2.34. The van der Waals surface area contributed by atoms with E-state index in [2.05, 4.69) is 4.98 Å². The molecule has 1 atom stereocenters. The molecule has 1 aliphatic heterocycles. The molecular formula is C13H21N3O3. The van der Waals surface area contributed by atoms with Gasteiger partial charge in [0.25, 0.3) is 0 Å². The fourth-order valence-corrected chi connectivity index (χ4v) is 2.17. The number of imidazole rings is 1. The van der Waals surface area contributed by atoms with Crippen LogP contribution in [0.2, 0.25) is 0 Å². The zero-order valence-corrected chi connectivity index (χ0v) is 11.7. The Morgan fingerprint density at radius 3 is 2.53 bits per heavy atom. The number of aromatic nitrogens is 2. The molecule has 0 saturated carbocycles. The van der Waals surface area contributed by atoms with Crippen LogP contribution >= 0.6 is 0 Å². The van der Waals surface area contributed by atoms with E-state index in [0.717, 1.165) is 19.4 Å². The van der Waals surface area contributed by atoms with E-state index in [1.165, 1.54) is 4.90 Å². The molecule has 0 bridgehead atoms. The second kappa shape index (κ2) is 4.85. The van der Waals surface area contributed by atoms with Crippen molar-refractivity contribution < 1.29 is 14.6 Å². The number of amides is 1. The Bertz CT molecular complexity index is 440. The Morgan fingerprint density at radius 2 is 2.00 bits per heavy atom. The number of rotatable bonds is 5. The van der Waals surface area contributed by atoms with Crippen LogP contribution in [0.25, 0.3) is 0 Å². The molecule has 6 nitrogen and oxygen atoms in total. The first-order valence-corrected chi connectivity index (χ1v) is 6.53. The molecule has 0 aliphatic carbocycles. The Hall–Kier alpha value is -1.56. The highest BCUT2D eigenvalue weighted by molar-refractivity contribution is 5.72. The second-order valence-electron chi connectivity index (χ2n) is 5.56. The topological polar surface area (TPSA) is 67.6 Å². The predicted octanol–water partition coefficient (Wildman–Crippen LogP) is 1.60. The molecule has 2 rings (SSSR count). The van der Waals surface area contributed by atoms with Crippen LogP contribution < -0.4 is 0 Å². The largest absolute Gasteiger partial charge is 0.438 e. The summed E-state index contributed by atoms with van der Waals surface area (Å²) < 4.78 is 7.19. The number of hydrogen-bond acceptors (Lipinski definition) is 4. The van der Waals surface area contributed by atoms with Crippen molar-refractivity contribution >= 4 is 6.09 Å². The molecule has 106 valence electrons. The maximum atomic E-state index is 11.8. The minimum absolute atomic E-state index is 0.447. The van der Waals surface area contributed by atoms with Crippen molar-refractivity contribution in [3.05, 3.63) is 18.7 Å². The van der Waals surface area contributed by atoms with Gasteiger partial charge in [0.2, 0.25) is 0 Å². The van der Waals surface area contributed by atoms with Crippen molar-refractivity contribution in [2.45, 2.75) is 51.5 Å². The highest BCUT2D eigenvalue weighted by Crippen LogP contribution is 2.36. The summed E-state index contributed by atoms with van der Waals surface area (Å²) in [4.78, 5) is 17.1. The van der Waals surface area contributed by atoms with Gasteiger partial charge < -0.3 is 14.4 Å². The van der Waals surface area contributed by atoms with E-state index < -0.39 is 17.4 Å². The van der Waals surface area contributed by atoms with Crippen molar-refractivity contribution in [1.82, 2.24) is 14.5 Å². The number of unbranched alkanes of at least 4 members (excludes halogenated alkanes) is 1. The van der Waals surface area contributed by atoms with Gasteiger partial charge in [-0.2, -0.15) is 0 Å². The van der Waals surface area contributed by atoms with Gasteiger partial charge in [-0.25, -0.2) is 9.78 Å². The van der Waals surface area contributed by atoms with E-state index in [-0.39, 0.29) is 0 Å². The van der Waals surface area contributed by atoms with Crippen molar-refractivity contribution in [2.75, 3.05) is 6.54 Å². The van der Waals surface area contributed by atoms with Crippen molar-refractivity contribution in [1.29, 1.82) is 0 Å². The average molecular weight is 267 g/mol. The van der Waals surface area contributed by atoms with E-state index >= 15 is 0 Å². The molecule has 0 spiro atoms. The molecule has 1 N–H and O–H groups in total. The number of carbonyl (C=O) groups is 1. The molecule has 19 heavy (non-hydrogen) atoms. The Morgan fingerprint density at radius 1 is 1.32 bits per heavy atom. The summed E-state index contributed by atoms with van der Waals surface area (Å²) in [5.74, 6) is 0. The SMILES string of the molecule is CC1(C)OC(=O)N(CCCCn2ccnc2)C1(C)O. The highest BCUT2D eigenvalue weighted by atomic mass is 16.6. The molecule has 1 fully saturated rings. The molecule has 1 aliphatic rings. The Kier molecular flexibility index (Phi) is 3.54. The molecule has 1 unspecified atom stereocenters. The van der Waals surface area contributed by atoms with Crippen molar-refractivity contribution in [3.8, 4) is 0 Å². The number of nitrogens with zero attached hydrogens (tertiary/aromatic N) is 3. The molecular weight excluding hydrogens is 246 g/mol. The standard InChI is InChI=1S/C13H21N3O3/c1-12(2)13(3,18)16(11(17)19-12)8-5-4-7-15-9-6-14-10-15/h6,9-10,18H,4-5,7-8H2,1-3H3. The van der Waals surface area contributed by atoms with E-state index in [1.54, 1.807) is 33.3 Å². The summed E-state index contributed by atoms with van der Waals surface area (Å²) >= 11 is 0. The number of aryl methyl sites for hydroxylation is 1.